The monoisotopic (exact) mass is 350 g/mol. The van der Waals surface area contributed by atoms with Crippen LogP contribution in [0.15, 0.2) is 30.3 Å². The van der Waals surface area contributed by atoms with Crippen molar-refractivity contribution in [3.8, 4) is 0 Å². The lowest BCUT2D eigenvalue weighted by Crippen LogP contribution is -2.48. The number of hydrogen-bond acceptors (Lipinski definition) is 2. The third-order valence-electron chi connectivity index (χ3n) is 6.01. The van der Waals surface area contributed by atoms with Crippen molar-refractivity contribution in [2.24, 2.45) is 0 Å². The van der Waals surface area contributed by atoms with E-state index in [-0.39, 0.29) is 11.5 Å². The van der Waals surface area contributed by atoms with Gasteiger partial charge in [-0.25, -0.2) is 4.72 Å². The summed E-state index contributed by atoms with van der Waals surface area (Å²) in [6.07, 6.45) is 9.96. The van der Waals surface area contributed by atoms with Crippen molar-refractivity contribution >= 4 is 10.2 Å². The van der Waals surface area contributed by atoms with Gasteiger partial charge in [-0.05, 0) is 31.2 Å². The van der Waals surface area contributed by atoms with Gasteiger partial charge in [0, 0.05) is 25.0 Å². The predicted octanol–water partition coefficient (Wildman–Crippen LogP) is 3.60. The lowest BCUT2D eigenvalue weighted by molar-refractivity contribution is 0.281. The van der Waals surface area contributed by atoms with Gasteiger partial charge in [-0.15, -0.1) is 0 Å². The first-order valence-corrected chi connectivity index (χ1v) is 10.8. The van der Waals surface area contributed by atoms with E-state index < -0.39 is 10.2 Å². The van der Waals surface area contributed by atoms with Crippen LogP contribution in [0.4, 0.5) is 0 Å². The molecule has 0 spiro atoms. The molecule has 0 unspecified atom stereocenters. The summed E-state index contributed by atoms with van der Waals surface area (Å²) in [6.45, 7) is 0.510. The third kappa shape index (κ3) is 3.84. The van der Waals surface area contributed by atoms with E-state index in [2.05, 4.69) is 29.0 Å². The van der Waals surface area contributed by atoms with Crippen LogP contribution >= 0.6 is 0 Å². The van der Waals surface area contributed by atoms with Crippen molar-refractivity contribution in [1.82, 2.24) is 9.03 Å². The van der Waals surface area contributed by atoms with Gasteiger partial charge in [0.2, 0.25) is 0 Å². The van der Waals surface area contributed by atoms with E-state index in [1.807, 2.05) is 6.07 Å². The van der Waals surface area contributed by atoms with E-state index in [0.29, 0.717) is 6.54 Å². The maximum atomic E-state index is 12.8. The zero-order valence-electron chi connectivity index (χ0n) is 14.7. The topological polar surface area (TPSA) is 49.4 Å². The Balaban J connectivity index is 1.70. The molecule has 2 aliphatic carbocycles. The van der Waals surface area contributed by atoms with Crippen LogP contribution in [-0.2, 0) is 15.6 Å². The van der Waals surface area contributed by atoms with Gasteiger partial charge in [0.25, 0.3) is 10.2 Å². The molecule has 1 aromatic carbocycles. The molecule has 5 heteroatoms. The smallest absolute Gasteiger partial charge is 0.201 e. The molecule has 2 aliphatic rings. The standard InChI is InChI=1S/C19H30N2O2S/c1-21(18-12-6-3-7-13-18)24(22,23)20-16-19(14-8-9-15-19)17-10-4-2-5-11-17/h2,4-5,10-11,18,20H,3,6-9,12-16H2,1H3. The van der Waals surface area contributed by atoms with Crippen LogP contribution in [0.25, 0.3) is 0 Å². The van der Waals surface area contributed by atoms with E-state index in [9.17, 15) is 8.42 Å². The van der Waals surface area contributed by atoms with E-state index in [1.165, 1.54) is 24.8 Å². The molecule has 1 N–H and O–H groups in total. The van der Waals surface area contributed by atoms with Crippen LogP contribution in [0.2, 0.25) is 0 Å². The zero-order chi connectivity index (χ0) is 17.0. The second-order valence-electron chi connectivity index (χ2n) is 7.49. The van der Waals surface area contributed by atoms with Crippen molar-refractivity contribution in [3.63, 3.8) is 0 Å². The summed E-state index contributed by atoms with van der Waals surface area (Å²) in [5.41, 5.74) is 1.23. The Bertz CT molecular complexity index is 618. The van der Waals surface area contributed by atoms with Crippen LogP contribution in [0.5, 0.6) is 0 Å². The second-order valence-corrected chi connectivity index (χ2v) is 9.30. The largest absolute Gasteiger partial charge is 0.279 e. The summed E-state index contributed by atoms with van der Waals surface area (Å²) in [5.74, 6) is 0. The van der Waals surface area contributed by atoms with Crippen LogP contribution < -0.4 is 4.72 Å². The average molecular weight is 351 g/mol. The summed E-state index contributed by atoms with van der Waals surface area (Å²) in [4.78, 5) is 0. The van der Waals surface area contributed by atoms with Gasteiger partial charge in [0.15, 0.2) is 0 Å². The van der Waals surface area contributed by atoms with Gasteiger partial charge < -0.3 is 0 Å². The fourth-order valence-electron chi connectivity index (χ4n) is 4.38. The molecule has 0 bridgehead atoms. The molecule has 0 aliphatic heterocycles. The zero-order valence-corrected chi connectivity index (χ0v) is 15.5. The number of benzene rings is 1. The SMILES string of the molecule is CN(C1CCCCC1)S(=O)(=O)NCC1(c2ccccc2)CCCC1. The first-order chi connectivity index (χ1) is 11.5. The highest BCUT2D eigenvalue weighted by Crippen LogP contribution is 2.40. The number of nitrogens with one attached hydrogen (secondary N) is 1. The highest BCUT2D eigenvalue weighted by Gasteiger charge is 2.37. The molecule has 0 saturated heterocycles. The minimum absolute atomic E-state index is 0.0399. The molecule has 0 radical (unpaired) electrons. The second kappa shape index (κ2) is 7.54. The summed E-state index contributed by atoms with van der Waals surface area (Å²) in [6, 6.07) is 10.6. The normalized spacial score (nSPS) is 22.1. The van der Waals surface area contributed by atoms with Gasteiger partial charge in [0.05, 0.1) is 0 Å². The van der Waals surface area contributed by atoms with Crippen molar-refractivity contribution in [2.75, 3.05) is 13.6 Å². The molecule has 1 aromatic rings. The Morgan fingerprint density at radius 3 is 2.29 bits per heavy atom. The van der Waals surface area contributed by atoms with Gasteiger partial charge >= 0.3 is 0 Å². The molecule has 3 rings (SSSR count). The van der Waals surface area contributed by atoms with Crippen LogP contribution in [-0.4, -0.2) is 32.4 Å². The van der Waals surface area contributed by atoms with E-state index >= 15 is 0 Å². The van der Waals surface area contributed by atoms with Crippen LogP contribution in [0.1, 0.15) is 63.4 Å². The highest BCUT2D eigenvalue weighted by atomic mass is 32.2. The first kappa shape index (κ1) is 17.9. The molecule has 4 nitrogen and oxygen atoms in total. The van der Waals surface area contributed by atoms with Gasteiger partial charge in [0.1, 0.15) is 0 Å². The van der Waals surface area contributed by atoms with Crippen molar-refractivity contribution < 1.29 is 8.42 Å². The van der Waals surface area contributed by atoms with Crippen LogP contribution in [0.3, 0.4) is 0 Å². The lowest BCUT2D eigenvalue weighted by atomic mass is 9.79. The fourth-order valence-corrected chi connectivity index (χ4v) is 5.65. The average Bonchev–Trinajstić information content (AvgIpc) is 3.11. The Kier molecular flexibility index (Phi) is 5.63. The van der Waals surface area contributed by atoms with Gasteiger partial charge in [-0.2, -0.15) is 12.7 Å². The minimum atomic E-state index is -3.41. The number of nitrogens with zero attached hydrogens (tertiary/aromatic N) is 1. The Morgan fingerprint density at radius 1 is 1.04 bits per heavy atom. The Labute approximate surface area is 146 Å². The van der Waals surface area contributed by atoms with Crippen molar-refractivity contribution in [1.29, 1.82) is 0 Å². The third-order valence-corrected chi connectivity index (χ3v) is 7.57. The fraction of sp³-hybridized carbons (Fsp3) is 0.684. The van der Waals surface area contributed by atoms with Crippen LogP contribution in [0, 0.1) is 0 Å². The van der Waals surface area contributed by atoms with E-state index in [4.69, 9.17) is 0 Å². The van der Waals surface area contributed by atoms with E-state index in [0.717, 1.165) is 38.5 Å². The molecule has 134 valence electrons. The van der Waals surface area contributed by atoms with E-state index in [1.54, 1.807) is 11.4 Å². The van der Waals surface area contributed by atoms with Crippen molar-refractivity contribution in [3.05, 3.63) is 35.9 Å². The molecule has 0 aromatic heterocycles. The molecule has 0 amide bonds. The first-order valence-electron chi connectivity index (χ1n) is 9.32. The maximum absolute atomic E-state index is 12.8. The highest BCUT2D eigenvalue weighted by molar-refractivity contribution is 7.87. The van der Waals surface area contributed by atoms with Crippen molar-refractivity contribution in [2.45, 2.75) is 69.2 Å². The maximum Gasteiger partial charge on any atom is 0.279 e. The molecule has 2 saturated carbocycles. The molecular weight excluding hydrogens is 320 g/mol. The minimum Gasteiger partial charge on any atom is -0.201 e. The summed E-state index contributed by atoms with van der Waals surface area (Å²) in [5, 5.41) is 0. The lowest BCUT2D eigenvalue weighted by Gasteiger charge is -2.34. The summed E-state index contributed by atoms with van der Waals surface area (Å²) >= 11 is 0. The molecular formula is C19H30N2O2S. The quantitative estimate of drug-likeness (QED) is 0.852. The Morgan fingerprint density at radius 2 is 1.67 bits per heavy atom. The molecule has 24 heavy (non-hydrogen) atoms. The predicted molar refractivity (Wildman–Crippen MR) is 98.1 cm³/mol. The Hall–Kier alpha value is -0.910. The number of hydrogen-bond donors (Lipinski definition) is 1. The molecule has 0 atom stereocenters. The summed E-state index contributed by atoms with van der Waals surface area (Å²) in [7, 11) is -1.67. The van der Waals surface area contributed by atoms with Gasteiger partial charge in [-0.1, -0.05) is 62.4 Å². The molecule has 2 fully saturated rings. The number of rotatable bonds is 6. The van der Waals surface area contributed by atoms with Gasteiger partial charge in [-0.3, -0.25) is 0 Å². The molecule has 0 heterocycles. The summed E-state index contributed by atoms with van der Waals surface area (Å²) < 4.78 is 30.1.